The molecule has 2 rings (SSSR count). The lowest BCUT2D eigenvalue weighted by Gasteiger charge is -1.92. The molecule has 0 saturated heterocycles. The highest BCUT2D eigenvalue weighted by Crippen LogP contribution is 2.21. The fraction of sp³-hybridized carbons (Fsp3) is 0.0833. The minimum absolute atomic E-state index is 0.926. The second-order valence-electron chi connectivity index (χ2n) is 3.38. The molecular weight excluding hydrogens is 190 g/mol. The van der Waals surface area contributed by atoms with Crippen LogP contribution in [0.25, 0.3) is 17.0 Å². The number of fused-ring (bicyclic) bond motifs is 1. The Hall–Kier alpha value is -2.03. The third-order valence-corrected chi connectivity index (χ3v) is 2.33. The molecule has 0 aliphatic heterocycles. The van der Waals surface area contributed by atoms with Gasteiger partial charge in [0.15, 0.2) is 0 Å². The molecule has 0 aliphatic carbocycles. The standard InChI is InChI=1S/C12H11NO2/c1-13-8-9(6-7-12(14)15)10-4-2-3-5-11(10)13/h2-8H,1H3,(H,14,15). The van der Waals surface area contributed by atoms with Gasteiger partial charge in [0.1, 0.15) is 0 Å². The van der Waals surface area contributed by atoms with Gasteiger partial charge >= 0.3 is 5.97 Å². The average molecular weight is 201 g/mol. The summed E-state index contributed by atoms with van der Waals surface area (Å²) in [5, 5.41) is 9.63. The number of benzene rings is 1. The summed E-state index contributed by atoms with van der Waals surface area (Å²) < 4.78 is 1.98. The molecule has 15 heavy (non-hydrogen) atoms. The number of para-hydroxylation sites is 1. The monoisotopic (exact) mass is 201 g/mol. The highest BCUT2D eigenvalue weighted by Gasteiger charge is 2.02. The van der Waals surface area contributed by atoms with Gasteiger partial charge in [-0.25, -0.2) is 4.79 Å². The van der Waals surface area contributed by atoms with Gasteiger partial charge < -0.3 is 9.67 Å². The molecule has 1 aromatic heterocycles. The molecular formula is C12H11NO2. The minimum Gasteiger partial charge on any atom is -0.478 e. The molecule has 0 amide bonds. The largest absolute Gasteiger partial charge is 0.478 e. The summed E-state index contributed by atoms with van der Waals surface area (Å²) >= 11 is 0. The Bertz CT molecular complexity index is 538. The molecule has 0 saturated carbocycles. The number of rotatable bonds is 2. The average Bonchev–Trinajstić information content (AvgIpc) is 2.54. The van der Waals surface area contributed by atoms with Crippen LogP contribution in [-0.2, 0) is 11.8 Å². The highest BCUT2D eigenvalue weighted by molar-refractivity contribution is 5.93. The van der Waals surface area contributed by atoms with Crippen molar-refractivity contribution in [1.82, 2.24) is 4.57 Å². The van der Waals surface area contributed by atoms with Gasteiger partial charge in [-0.1, -0.05) is 18.2 Å². The summed E-state index contributed by atoms with van der Waals surface area (Å²) in [6.07, 6.45) is 4.69. The van der Waals surface area contributed by atoms with Crippen molar-refractivity contribution in [1.29, 1.82) is 0 Å². The topological polar surface area (TPSA) is 42.2 Å². The zero-order chi connectivity index (χ0) is 10.8. The van der Waals surface area contributed by atoms with E-state index in [0.29, 0.717) is 0 Å². The lowest BCUT2D eigenvalue weighted by molar-refractivity contribution is -0.131. The van der Waals surface area contributed by atoms with E-state index in [1.807, 2.05) is 42.1 Å². The lowest BCUT2D eigenvalue weighted by atomic mass is 10.1. The maximum absolute atomic E-state index is 10.4. The lowest BCUT2D eigenvalue weighted by Crippen LogP contribution is -1.85. The van der Waals surface area contributed by atoms with Gasteiger partial charge in [-0.15, -0.1) is 0 Å². The number of carboxylic acids is 1. The zero-order valence-corrected chi connectivity index (χ0v) is 8.34. The second-order valence-corrected chi connectivity index (χ2v) is 3.38. The molecule has 0 bridgehead atoms. The van der Waals surface area contributed by atoms with Crippen LogP contribution in [0.2, 0.25) is 0 Å². The van der Waals surface area contributed by atoms with E-state index in [2.05, 4.69) is 0 Å². The van der Waals surface area contributed by atoms with E-state index >= 15 is 0 Å². The van der Waals surface area contributed by atoms with Crippen LogP contribution in [0, 0.1) is 0 Å². The predicted molar refractivity (Wildman–Crippen MR) is 59.6 cm³/mol. The van der Waals surface area contributed by atoms with Crippen molar-refractivity contribution in [3.8, 4) is 0 Å². The van der Waals surface area contributed by atoms with Crippen molar-refractivity contribution in [2.75, 3.05) is 0 Å². The quantitative estimate of drug-likeness (QED) is 0.757. The van der Waals surface area contributed by atoms with Gasteiger partial charge in [0, 0.05) is 35.8 Å². The number of aryl methyl sites for hydroxylation is 1. The van der Waals surface area contributed by atoms with Gasteiger partial charge in [-0.3, -0.25) is 0 Å². The molecule has 0 atom stereocenters. The van der Waals surface area contributed by atoms with E-state index in [1.54, 1.807) is 6.08 Å². The van der Waals surface area contributed by atoms with E-state index in [4.69, 9.17) is 5.11 Å². The van der Waals surface area contributed by atoms with Crippen LogP contribution in [0.1, 0.15) is 5.56 Å². The van der Waals surface area contributed by atoms with Crippen molar-refractivity contribution < 1.29 is 9.90 Å². The van der Waals surface area contributed by atoms with Crippen LogP contribution in [-0.4, -0.2) is 15.6 Å². The first kappa shape index (κ1) is 9.52. The Balaban J connectivity index is 2.57. The summed E-state index contributed by atoms with van der Waals surface area (Å²) in [4.78, 5) is 10.4. The van der Waals surface area contributed by atoms with Crippen molar-refractivity contribution in [2.24, 2.45) is 7.05 Å². The van der Waals surface area contributed by atoms with Crippen molar-refractivity contribution in [2.45, 2.75) is 0 Å². The maximum atomic E-state index is 10.4. The molecule has 3 heteroatoms. The smallest absolute Gasteiger partial charge is 0.328 e. The Morgan fingerprint density at radius 1 is 1.40 bits per heavy atom. The number of nitrogens with zero attached hydrogens (tertiary/aromatic N) is 1. The first-order valence-electron chi connectivity index (χ1n) is 4.63. The second kappa shape index (κ2) is 3.61. The predicted octanol–water partition coefficient (Wildman–Crippen LogP) is 2.28. The van der Waals surface area contributed by atoms with Crippen LogP contribution < -0.4 is 0 Å². The Kier molecular flexibility index (Phi) is 2.29. The zero-order valence-electron chi connectivity index (χ0n) is 8.34. The molecule has 0 aliphatic rings. The summed E-state index contributed by atoms with van der Waals surface area (Å²) in [5.74, 6) is -0.928. The Labute approximate surface area is 87.3 Å². The van der Waals surface area contributed by atoms with Crippen molar-refractivity contribution in [3.63, 3.8) is 0 Å². The number of hydrogen-bond acceptors (Lipinski definition) is 1. The molecule has 0 radical (unpaired) electrons. The van der Waals surface area contributed by atoms with Crippen LogP contribution in [0.4, 0.5) is 0 Å². The normalized spacial score (nSPS) is 11.3. The molecule has 1 aromatic carbocycles. The van der Waals surface area contributed by atoms with Crippen LogP contribution >= 0.6 is 0 Å². The van der Waals surface area contributed by atoms with E-state index in [0.717, 1.165) is 22.5 Å². The molecule has 0 unspecified atom stereocenters. The number of carbonyl (C=O) groups is 1. The number of aliphatic carboxylic acids is 1. The number of aromatic nitrogens is 1. The van der Waals surface area contributed by atoms with Crippen molar-refractivity contribution >= 4 is 22.9 Å². The summed E-state index contributed by atoms with van der Waals surface area (Å²) in [5.41, 5.74) is 2.03. The SMILES string of the molecule is Cn1cc(C=CC(=O)O)c2ccccc21. The number of hydrogen-bond donors (Lipinski definition) is 1. The molecule has 0 fully saturated rings. The van der Waals surface area contributed by atoms with E-state index in [-0.39, 0.29) is 0 Å². The summed E-state index contributed by atoms with van der Waals surface area (Å²) in [6.45, 7) is 0. The molecule has 0 spiro atoms. The molecule has 1 heterocycles. The van der Waals surface area contributed by atoms with E-state index < -0.39 is 5.97 Å². The fourth-order valence-corrected chi connectivity index (χ4v) is 1.67. The third-order valence-electron chi connectivity index (χ3n) is 2.33. The van der Waals surface area contributed by atoms with Crippen LogP contribution in [0.5, 0.6) is 0 Å². The molecule has 76 valence electrons. The molecule has 3 nitrogen and oxygen atoms in total. The molecule has 1 N–H and O–H groups in total. The molecule has 2 aromatic rings. The van der Waals surface area contributed by atoms with Crippen LogP contribution in [0.3, 0.4) is 0 Å². The summed E-state index contributed by atoms with van der Waals surface area (Å²) in [6, 6.07) is 7.90. The fourth-order valence-electron chi connectivity index (χ4n) is 1.67. The maximum Gasteiger partial charge on any atom is 0.328 e. The minimum atomic E-state index is -0.928. The van der Waals surface area contributed by atoms with Gasteiger partial charge in [0.2, 0.25) is 0 Å². The van der Waals surface area contributed by atoms with Crippen LogP contribution in [0.15, 0.2) is 36.5 Å². The van der Waals surface area contributed by atoms with Gasteiger partial charge in [-0.2, -0.15) is 0 Å². The first-order valence-corrected chi connectivity index (χ1v) is 4.63. The highest BCUT2D eigenvalue weighted by atomic mass is 16.4. The van der Waals surface area contributed by atoms with Crippen molar-refractivity contribution in [3.05, 3.63) is 42.1 Å². The Morgan fingerprint density at radius 2 is 2.13 bits per heavy atom. The van der Waals surface area contributed by atoms with E-state index in [1.165, 1.54) is 0 Å². The van der Waals surface area contributed by atoms with Gasteiger partial charge in [0.25, 0.3) is 0 Å². The third kappa shape index (κ3) is 1.76. The van der Waals surface area contributed by atoms with E-state index in [9.17, 15) is 4.79 Å². The van der Waals surface area contributed by atoms with Gasteiger partial charge in [-0.05, 0) is 12.1 Å². The summed E-state index contributed by atoms with van der Waals surface area (Å²) in [7, 11) is 1.94. The van der Waals surface area contributed by atoms with Gasteiger partial charge in [0.05, 0.1) is 0 Å². The number of carboxylic acid groups (broad SMARTS) is 1. The first-order chi connectivity index (χ1) is 7.18. The Morgan fingerprint density at radius 3 is 2.87 bits per heavy atom.